The highest BCUT2D eigenvalue weighted by atomic mass is 32.2. The fourth-order valence-corrected chi connectivity index (χ4v) is 7.43. The van der Waals surface area contributed by atoms with Gasteiger partial charge < -0.3 is 4.74 Å². The highest BCUT2D eigenvalue weighted by molar-refractivity contribution is 7.99. The van der Waals surface area contributed by atoms with E-state index in [0.29, 0.717) is 17.1 Å². The van der Waals surface area contributed by atoms with Crippen molar-refractivity contribution in [3.8, 4) is 0 Å². The molecule has 1 aromatic rings. The quantitative estimate of drug-likeness (QED) is 0.393. The predicted molar refractivity (Wildman–Crippen MR) is 111 cm³/mol. The normalized spacial score (nSPS) is 31.3. The summed E-state index contributed by atoms with van der Waals surface area (Å²) >= 11 is 1.56. The molecule has 0 saturated heterocycles. The molecular formula is C22H30O4S2. The van der Waals surface area contributed by atoms with Gasteiger partial charge in [0, 0.05) is 16.1 Å². The van der Waals surface area contributed by atoms with Crippen molar-refractivity contribution in [1.29, 1.82) is 0 Å². The summed E-state index contributed by atoms with van der Waals surface area (Å²) < 4.78 is 28.0. The first-order chi connectivity index (χ1) is 13.3. The fourth-order valence-electron chi connectivity index (χ4n) is 6.21. The van der Waals surface area contributed by atoms with Gasteiger partial charge in [0.15, 0.2) is 10.7 Å². The number of hydrogen-bond donors (Lipinski definition) is 1. The van der Waals surface area contributed by atoms with Gasteiger partial charge in [-0.25, -0.2) is 8.42 Å². The number of rotatable bonds is 7. The minimum absolute atomic E-state index is 0.118. The number of thioether (sulfide) groups is 1. The molecule has 154 valence electrons. The van der Waals surface area contributed by atoms with Crippen LogP contribution in [0.25, 0.3) is 0 Å². The molecule has 6 heteroatoms. The third-order valence-corrected chi connectivity index (χ3v) is 9.04. The van der Waals surface area contributed by atoms with Crippen LogP contribution in [0.5, 0.6) is 0 Å². The van der Waals surface area contributed by atoms with E-state index in [4.69, 9.17) is 4.74 Å². The molecule has 0 spiro atoms. The van der Waals surface area contributed by atoms with E-state index in [1.807, 2.05) is 0 Å². The maximum atomic E-state index is 12.6. The summed E-state index contributed by atoms with van der Waals surface area (Å²) in [4.78, 5) is 13.9. The number of thiol groups is 1. The van der Waals surface area contributed by atoms with Crippen molar-refractivity contribution in [2.75, 3.05) is 5.75 Å². The largest absolute Gasteiger partial charge is 0.459 e. The van der Waals surface area contributed by atoms with Crippen molar-refractivity contribution < 1.29 is 17.9 Å². The molecule has 0 aliphatic heterocycles. The van der Waals surface area contributed by atoms with E-state index >= 15 is 0 Å². The Kier molecular flexibility index (Phi) is 5.56. The van der Waals surface area contributed by atoms with Crippen LogP contribution in [0.4, 0.5) is 0 Å². The fraction of sp³-hybridized carbons (Fsp3) is 0.682. The molecule has 4 bridgehead atoms. The molecule has 1 aromatic carbocycles. The van der Waals surface area contributed by atoms with Crippen LogP contribution in [0, 0.1) is 23.2 Å². The Hall–Kier alpha value is -1.01. The monoisotopic (exact) mass is 422 g/mol. The number of ether oxygens (including phenoxy) is 1. The standard InChI is InChI=1S/C22H30O4S2/c1-21(2,22-12-15-9-16(13-22)11-17(10-15)14-22)26-20(23)7-8-27-18-3-5-19(6-4-18)28(24)25/h3-6,15-17,28H,7-14H2,1-2H3. The second kappa shape index (κ2) is 7.67. The molecule has 0 N–H and O–H groups in total. The third-order valence-electron chi connectivity index (χ3n) is 7.31. The summed E-state index contributed by atoms with van der Waals surface area (Å²) in [5.74, 6) is 3.04. The van der Waals surface area contributed by atoms with Gasteiger partial charge in [-0.3, -0.25) is 4.79 Å². The molecule has 0 aromatic heterocycles. The number of benzene rings is 1. The van der Waals surface area contributed by atoms with Crippen molar-refractivity contribution in [3.05, 3.63) is 24.3 Å². The summed E-state index contributed by atoms with van der Waals surface area (Å²) in [5, 5.41) is 0. The molecule has 4 aliphatic rings. The van der Waals surface area contributed by atoms with E-state index in [9.17, 15) is 13.2 Å². The van der Waals surface area contributed by atoms with Crippen molar-refractivity contribution >= 4 is 28.4 Å². The predicted octanol–water partition coefficient (Wildman–Crippen LogP) is 4.68. The van der Waals surface area contributed by atoms with Crippen molar-refractivity contribution in [1.82, 2.24) is 0 Å². The zero-order valence-electron chi connectivity index (χ0n) is 16.7. The van der Waals surface area contributed by atoms with E-state index in [-0.39, 0.29) is 11.4 Å². The Morgan fingerprint density at radius 2 is 1.61 bits per heavy atom. The van der Waals surface area contributed by atoms with Crippen LogP contribution < -0.4 is 0 Å². The molecule has 0 heterocycles. The number of esters is 1. The Labute approximate surface area is 173 Å². The Morgan fingerprint density at radius 1 is 1.07 bits per heavy atom. The SMILES string of the molecule is CC(C)(OC(=O)CCSc1ccc([SH](=O)=O)cc1)C12CC3CC(CC(C3)C1)C2. The van der Waals surface area contributed by atoms with Crippen LogP contribution in [0.2, 0.25) is 0 Å². The molecule has 4 fully saturated rings. The Balaban J connectivity index is 1.30. The minimum atomic E-state index is -2.54. The van der Waals surface area contributed by atoms with Gasteiger partial charge in [0.2, 0.25) is 0 Å². The first-order valence-corrected chi connectivity index (χ1v) is 12.5. The van der Waals surface area contributed by atoms with Crippen molar-refractivity contribution in [2.45, 2.75) is 74.2 Å². The maximum Gasteiger partial charge on any atom is 0.307 e. The van der Waals surface area contributed by atoms with E-state index < -0.39 is 16.3 Å². The molecular weight excluding hydrogens is 392 g/mol. The van der Waals surface area contributed by atoms with Crippen LogP contribution >= 0.6 is 11.8 Å². The molecule has 4 saturated carbocycles. The highest BCUT2D eigenvalue weighted by Crippen LogP contribution is 2.64. The first kappa shape index (κ1) is 20.3. The highest BCUT2D eigenvalue weighted by Gasteiger charge is 2.58. The molecule has 4 aliphatic carbocycles. The average Bonchev–Trinajstić information content (AvgIpc) is 2.60. The average molecular weight is 423 g/mol. The second-order valence-corrected chi connectivity index (χ2v) is 11.7. The molecule has 0 unspecified atom stereocenters. The molecule has 0 atom stereocenters. The van der Waals surface area contributed by atoms with Gasteiger partial charge in [-0.1, -0.05) is 0 Å². The van der Waals surface area contributed by atoms with Crippen LogP contribution in [0.1, 0.15) is 58.8 Å². The summed E-state index contributed by atoms with van der Waals surface area (Å²) in [5.41, 5.74) is -0.221. The van der Waals surface area contributed by atoms with Gasteiger partial charge in [0.1, 0.15) is 5.60 Å². The van der Waals surface area contributed by atoms with E-state index in [1.54, 1.807) is 36.0 Å². The molecule has 5 rings (SSSR count). The summed E-state index contributed by atoms with van der Waals surface area (Å²) in [7, 11) is -2.54. The molecule has 28 heavy (non-hydrogen) atoms. The molecule has 0 amide bonds. The van der Waals surface area contributed by atoms with Crippen LogP contribution in [0.3, 0.4) is 0 Å². The van der Waals surface area contributed by atoms with Gasteiger partial charge in [-0.05, 0) is 94.4 Å². The number of carbonyl (C=O) groups is 1. The summed E-state index contributed by atoms with van der Waals surface area (Å²) in [6.07, 6.45) is 8.21. The van der Waals surface area contributed by atoms with Gasteiger partial charge in [-0.15, -0.1) is 11.8 Å². The topological polar surface area (TPSA) is 60.4 Å². The van der Waals surface area contributed by atoms with E-state index in [2.05, 4.69) is 13.8 Å². The Morgan fingerprint density at radius 3 is 2.11 bits per heavy atom. The molecule has 0 radical (unpaired) electrons. The van der Waals surface area contributed by atoms with Gasteiger partial charge in [0.05, 0.1) is 11.3 Å². The second-order valence-electron chi connectivity index (χ2n) is 9.53. The zero-order valence-corrected chi connectivity index (χ0v) is 18.4. The third kappa shape index (κ3) is 4.00. The lowest BCUT2D eigenvalue weighted by Crippen LogP contribution is -2.57. The van der Waals surface area contributed by atoms with Crippen LogP contribution in [-0.4, -0.2) is 25.7 Å². The lowest BCUT2D eigenvalue weighted by Gasteiger charge is -2.61. The lowest BCUT2D eigenvalue weighted by atomic mass is 9.46. The van der Waals surface area contributed by atoms with E-state index in [0.717, 1.165) is 22.6 Å². The first-order valence-electron chi connectivity index (χ1n) is 10.4. The van der Waals surface area contributed by atoms with Crippen molar-refractivity contribution in [3.63, 3.8) is 0 Å². The lowest BCUT2D eigenvalue weighted by molar-refractivity contribution is -0.198. The number of hydrogen-bond acceptors (Lipinski definition) is 5. The zero-order chi connectivity index (χ0) is 19.9. The number of carbonyl (C=O) groups excluding carboxylic acids is 1. The molecule has 4 nitrogen and oxygen atoms in total. The van der Waals surface area contributed by atoms with Gasteiger partial charge in [0.25, 0.3) is 0 Å². The summed E-state index contributed by atoms with van der Waals surface area (Å²) in [6, 6.07) is 6.77. The van der Waals surface area contributed by atoms with Gasteiger partial charge >= 0.3 is 5.97 Å². The maximum absolute atomic E-state index is 12.6. The minimum Gasteiger partial charge on any atom is -0.459 e. The smallest absolute Gasteiger partial charge is 0.307 e. The van der Waals surface area contributed by atoms with Crippen LogP contribution in [0.15, 0.2) is 34.1 Å². The summed E-state index contributed by atoms with van der Waals surface area (Å²) in [6.45, 7) is 4.27. The van der Waals surface area contributed by atoms with E-state index in [1.165, 1.54) is 38.5 Å². The van der Waals surface area contributed by atoms with Gasteiger partial charge in [-0.2, -0.15) is 0 Å². The Bertz CT molecular complexity index is 767. The van der Waals surface area contributed by atoms with Crippen molar-refractivity contribution in [2.24, 2.45) is 23.2 Å². The van der Waals surface area contributed by atoms with Crippen LogP contribution in [-0.2, 0) is 20.2 Å².